The lowest BCUT2D eigenvalue weighted by molar-refractivity contribution is 0.108. The summed E-state index contributed by atoms with van der Waals surface area (Å²) >= 11 is 1.89. The number of fused-ring (bicyclic) bond motifs is 2. The van der Waals surface area contributed by atoms with Crippen molar-refractivity contribution in [2.24, 2.45) is 0 Å². The van der Waals surface area contributed by atoms with Crippen molar-refractivity contribution in [3.05, 3.63) is 48.4 Å². The second-order valence-electron chi connectivity index (χ2n) is 8.47. The van der Waals surface area contributed by atoms with Crippen LogP contribution in [0.5, 0.6) is 0 Å². The van der Waals surface area contributed by atoms with E-state index >= 15 is 0 Å². The quantitative estimate of drug-likeness (QED) is 0.470. The number of aliphatic hydroxyl groups excluding tert-OH is 1. The first-order valence-corrected chi connectivity index (χ1v) is 11.8. The van der Waals surface area contributed by atoms with E-state index in [1.165, 1.54) is 10.5 Å². The van der Waals surface area contributed by atoms with Gasteiger partial charge in [-0.25, -0.2) is 4.98 Å². The fourth-order valence-corrected chi connectivity index (χ4v) is 6.02. The highest BCUT2D eigenvalue weighted by Gasteiger charge is 2.23. The lowest BCUT2D eigenvalue weighted by Gasteiger charge is -2.25. The Bertz CT molecular complexity index is 1270. The van der Waals surface area contributed by atoms with Gasteiger partial charge in [0.25, 0.3) is 0 Å². The highest BCUT2D eigenvalue weighted by Crippen LogP contribution is 2.43. The maximum atomic E-state index is 9.79. The van der Waals surface area contributed by atoms with Gasteiger partial charge in [-0.1, -0.05) is 18.2 Å². The maximum absolute atomic E-state index is 9.79. The van der Waals surface area contributed by atoms with Gasteiger partial charge in [-0.3, -0.25) is 4.68 Å². The van der Waals surface area contributed by atoms with Gasteiger partial charge >= 0.3 is 0 Å². The summed E-state index contributed by atoms with van der Waals surface area (Å²) in [4.78, 5) is 5.71. The van der Waals surface area contributed by atoms with Crippen LogP contribution in [0.15, 0.2) is 52.2 Å². The SMILES string of the molecule is Nc1ncc(-c2cnn([C@H]3CC[C@H](O)CC3)c2)c2cc(-c3cccc4c3SCC4)oc12. The van der Waals surface area contributed by atoms with Gasteiger partial charge in [-0.2, -0.15) is 5.10 Å². The first kappa shape index (κ1) is 19.0. The zero-order valence-electron chi connectivity index (χ0n) is 17.1. The van der Waals surface area contributed by atoms with Crippen molar-refractivity contribution in [1.82, 2.24) is 14.8 Å². The number of pyridine rings is 1. The predicted molar refractivity (Wildman–Crippen MR) is 123 cm³/mol. The molecule has 4 aromatic rings. The standard InChI is InChI=1S/C24H24N4O2S/c25-24-22-19(10-21(30-22)18-3-1-2-14-8-9-31-23(14)18)20(12-26-24)15-11-27-28(13-15)16-4-6-17(29)7-5-16/h1-3,10-13,16-17,29H,4-9H2,(H2,25,26)/t16-,17-. The van der Waals surface area contributed by atoms with Crippen molar-refractivity contribution in [3.63, 3.8) is 0 Å². The normalized spacial score (nSPS) is 20.9. The van der Waals surface area contributed by atoms with Gasteiger partial charge in [0.1, 0.15) is 5.76 Å². The van der Waals surface area contributed by atoms with Crippen molar-refractivity contribution >= 4 is 28.5 Å². The topological polar surface area (TPSA) is 90.1 Å². The Morgan fingerprint density at radius 3 is 2.87 bits per heavy atom. The third-order valence-electron chi connectivity index (χ3n) is 6.52. The first-order chi connectivity index (χ1) is 15.2. The van der Waals surface area contributed by atoms with E-state index in [-0.39, 0.29) is 6.10 Å². The van der Waals surface area contributed by atoms with E-state index in [0.29, 0.717) is 17.4 Å². The third-order valence-corrected chi connectivity index (χ3v) is 7.70. The van der Waals surface area contributed by atoms with Gasteiger partial charge in [0.05, 0.1) is 18.3 Å². The third kappa shape index (κ3) is 3.23. The molecule has 0 spiro atoms. The Kier molecular flexibility index (Phi) is 4.54. The summed E-state index contributed by atoms with van der Waals surface area (Å²) in [6.45, 7) is 0. The van der Waals surface area contributed by atoms with Crippen molar-refractivity contribution in [2.75, 3.05) is 11.5 Å². The Morgan fingerprint density at radius 2 is 2.00 bits per heavy atom. The number of hydrogen-bond donors (Lipinski definition) is 2. The summed E-state index contributed by atoms with van der Waals surface area (Å²) < 4.78 is 8.28. The highest BCUT2D eigenvalue weighted by atomic mass is 32.2. The average Bonchev–Trinajstić information content (AvgIpc) is 3.53. The molecule has 6 rings (SSSR count). The molecule has 0 atom stereocenters. The number of aryl methyl sites for hydroxylation is 1. The Balaban J connectivity index is 1.42. The van der Waals surface area contributed by atoms with Crippen LogP contribution in [0.3, 0.4) is 0 Å². The number of nitrogens with two attached hydrogens (primary N) is 1. The smallest absolute Gasteiger partial charge is 0.177 e. The van der Waals surface area contributed by atoms with Crippen LogP contribution in [0, 0.1) is 0 Å². The molecular formula is C24H24N4O2S. The molecule has 6 nitrogen and oxygen atoms in total. The molecule has 0 unspecified atom stereocenters. The minimum Gasteiger partial charge on any atom is -0.452 e. The number of nitrogens with zero attached hydrogens (tertiary/aromatic N) is 3. The van der Waals surface area contributed by atoms with E-state index in [0.717, 1.165) is 65.7 Å². The van der Waals surface area contributed by atoms with Gasteiger partial charge in [0.2, 0.25) is 0 Å². The van der Waals surface area contributed by atoms with Crippen LogP contribution in [0.2, 0.25) is 0 Å². The summed E-state index contributed by atoms with van der Waals surface area (Å²) in [5.41, 5.74) is 11.3. The Morgan fingerprint density at radius 1 is 1.13 bits per heavy atom. The number of hydrogen-bond acceptors (Lipinski definition) is 6. The van der Waals surface area contributed by atoms with Crippen LogP contribution in [-0.4, -0.2) is 31.7 Å². The van der Waals surface area contributed by atoms with E-state index in [1.807, 2.05) is 28.8 Å². The number of aliphatic hydroxyl groups is 1. The molecule has 0 radical (unpaired) electrons. The number of furan rings is 1. The van der Waals surface area contributed by atoms with Crippen molar-refractivity contribution in [3.8, 4) is 22.5 Å². The molecule has 1 aromatic carbocycles. The van der Waals surface area contributed by atoms with Crippen LogP contribution < -0.4 is 5.73 Å². The molecule has 4 heterocycles. The second kappa shape index (κ2) is 7.43. The van der Waals surface area contributed by atoms with E-state index in [4.69, 9.17) is 10.2 Å². The summed E-state index contributed by atoms with van der Waals surface area (Å²) in [6.07, 6.45) is 10.3. The fourth-order valence-electron chi connectivity index (χ4n) is 4.82. The number of anilines is 1. The molecular weight excluding hydrogens is 408 g/mol. The number of rotatable bonds is 3. The van der Waals surface area contributed by atoms with E-state index < -0.39 is 0 Å². The van der Waals surface area contributed by atoms with Gasteiger partial charge < -0.3 is 15.3 Å². The summed E-state index contributed by atoms with van der Waals surface area (Å²) in [6, 6.07) is 8.83. The van der Waals surface area contributed by atoms with Crippen molar-refractivity contribution in [2.45, 2.75) is 49.1 Å². The molecule has 0 saturated heterocycles. The van der Waals surface area contributed by atoms with Gasteiger partial charge in [-0.15, -0.1) is 11.8 Å². The van der Waals surface area contributed by atoms with E-state index in [1.54, 1.807) is 0 Å². The van der Waals surface area contributed by atoms with Gasteiger partial charge in [0, 0.05) is 45.1 Å². The van der Waals surface area contributed by atoms with Crippen LogP contribution in [0.4, 0.5) is 5.82 Å². The van der Waals surface area contributed by atoms with Crippen LogP contribution in [0.1, 0.15) is 37.3 Å². The zero-order chi connectivity index (χ0) is 20.9. The Labute approximate surface area is 184 Å². The predicted octanol–water partition coefficient (Wildman–Crippen LogP) is 5.06. The molecule has 1 aliphatic heterocycles. The molecule has 1 saturated carbocycles. The van der Waals surface area contributed by atoms with Gasteiger partial charge in [0.15, 0.2) is 11.4 Å². The number of thioether (sulfide) groups is 1. The molecule has 7 heteroatoms. The van der Waals surface area contributed by atoms with E-state index in [9.17, 15) is 5.11 Å². The average molecular weight is 433 g/mol. The van der Waals surface area contributed by atoms with Crippen LogP contribution >= 0.6 is 11.8 Å². The summed E-state index contributed by atoms with van der Waals surface area (Å²) in [5, 5.41) is 15.4. The summed E-state index contributed by atoms with van der Waals surface area (Å²) in [5.74, 6) is 2.34. The lowest BCUT2D eigenvalue weighted by Crippen LogP contribution is -2.21. The van der Waals surface area contributed by atoms with Crippen LogP contribution in [-0.2, 0) is 6.42 Å². The zero-order valence-corrected chi connectivity index (χ0v) is 17.9. The lowest BCUT2D eigenvalue weighted by atomic mass is 9.93. The molecule has 3 N–H and O–H groups in total. The molecule has 31 heavy (non-hydrogen) atoms. The second-order valence-corrected chi connectivity index (χ2v) is 9.58. The molecule has 1 fully saturated rings. The molecule has 158 valence electrons. The number of benzene rings is 1. The van der Waals surface area contributed by atoms with Crippen LogP contribution in [0.25, 0.3) is 33.4 Å². The Hall–Kier alpha value is -2.77. The molecule has 3 aromatic heterocycles. The molecule has 2 aliphatic rings. The maximum Gasteiger partial charge on any atom is 0.177 e. The minimum absolute atomic E-state index is 0.172. The molecule has 1 aliphatic carbocycles. The minimum atomic E-state index is -0.172. The molecule has 0 bridgehead atoms. The first-order valence-electron chi connectivity index (χ1n) is 10.8. The fraction of sp³-hybridized carbons (Fsp3) is 0.333. The largest absolute Gasteiger partial charge is 0.452 e. The van der Waals surface area contributed by atoms with Crippen molar-refractivity contribution < 1.29 is 9.52 Å². The van der Waals surface area contributed by atoms with E-state index in [2.05, 4.69) is 40.5 Å². The number of nitrogen functional groups attached to an aromatic ring is 1. The molecule has 0 amide bonds. The summed E-state index contributed by atoms with van der Waals surface area (Å²) in [7, 11) is 0. The van der Waals surface area contributed by atoms with Crippen molar-refractivity contribution in [1.29, 1.82) is 0 Å². The highest BCUT2D eigenvalue weighted by molar-refractivity contribution is 7.99. The number of aromatic nitrogens is 3. The monoisotopic (exact) mass is 432 g/mol. The van der Waals surface area contributed by atoms with Gasteiger partial charge in [-0.05, 0) is 43.7 Å².